The highest BCUT2D eigenvalue weighted by Gasteiger charge is 2.17. The molecule has 12 heteroatoms. The van der Waals surface area contributed by atoms with Gasteiger partial charge in [-0.05, 0) is 38.0 Å². The smallest absolute Gasteiger partial charge is 0.271 e. The first kappa shape index (κ1) is 23.5. The lowest BCUT2D eigenvalue weighted by molar-refractivity contribution is -0.119. The molecule has 0 fully saturated rings. The lowest BCUT2D eigenvalue weighted by Gasteiger charge is -2.11. The van der Waals surface area contributed by atoms with Crippen molar-refractivity contribution < 1.29 is 14.4 Å². The van der Waals surface area contributed by atoms with Crippen LogP contribution in [0.4, 0.5) is 5.13 Å². The van der Waals surface area contributed by atoms with Crippen LogP contribution in [0.2, 0.25) is 0 Å². The second-order valence-electron chi connectivity index (χ2n) is 7.67. The fraction of sp³-hybridized carbons (Fsp3) is 0.273. The Morgan fingerprint density at radius 3 is 2.71 bits per heavy atom. The molecule has 0 spiro atoms. The van der Waals surface area contributed by atoms with Gasteiger partial charge in [0.15, 0.2) is 16.5 Å². The van der Waals surface area contributed by atoms with Crippen molar-refractivity contribution in [2.45, 2.75) is 40.2 Å². The number of hydrogen-bond donors (Lipinski definition) is 3. The molecule has 0 saturated heterocycles. The summed E-state index contributed by atoms with van der Waals surface area (Å²) in [5.41, 5.74) is 9.20. The third kappa shape index (κ3) is 4.97. The van der Waals surface area contributed by atoms with Crippen molar-refractivity contribution in [2.24, 2.45) is 5.73 Å². The molecule has 4 heterocycles. The second-order valence-corrected chi connectivity index (χ2v) is 9.70. The maximum absolute atomic E-state index is 12.6. The number of carbonyl (C=O) groups excluding carboxylic acids is 3. The van der Waals surface area contributed by atoms with E-state index in [0.29, 0.717) is 23.7 Å². The van der Waals surface area contributed by atoms with E-state index in [0.717, 1.165) is 32.4 Å². The zero-order valence-corrected chi connectivity index (χ0v) is 20.5. The standard InChI is InChI=1S/C22H23N7O3S2/c1-11-15(12(2)29-10-25-19(20(23)32)21(29)26-11)5-7-18(31)28-22-27-16(9-33-22)17-6-4-14(34-17)8-24-13(3)30/h4,6,9-10H,5,7-8H2,1-3H3,(H2,23,32)(H,24,30)(H,27,28,31). The normalized spacial score (nSPS) is 11.0. The molecule has 0 radical (unpaired) electrons. The fourth-order valence-corrected chi connectivity index (χ4v) is 5.26. The number of aromatic nitrogens is 4. The van der Waals surface area contributed by atoms with Crippen LogP contribution in [0.3, 0.4) is 0 Å². The number of nitrogens with two attached hydrogens (primary N) is 1. The average Bonchev–Trinajstić information content (AvgIpc) is 3.51. The maximum Gasteiger partial charge on any atom is 0.271 e. The topological polar surface area (TPSA) is 144 Å². The molecule has 10 nitrogen and oxygen atoms in total. The molecule has 4 rings (SSSR count). The van der Waals surface area contributed by atoms with Gasteiger partial charge in [-0.3, -0.25) is 18.8 Å². The van der Waals surface area contributed by atoms with E-state index in [1.54, 1.807) is 15.7 Å². The molecule has 0 bridgehead atoms. The van der Waals surface area contributed by atoms with Crippen molar-refractivity contribution in [3.05, 3.63) is 51.4 Å². The summed E-state index contributed by atoms with van der Waals surface area (Å²) in [5, 5.41) is 8.06. The number of anilines is 1. The quantitative estimate of drug-likeness (QED) is 0.341. The summed E-state index contributed by atoms with van der Waals surface area (Å²) in [5.74, 6) is -0.855. The minimum Gasteiger partial charge on any atom is -0.364 e. The number of nitrogens with one attached hydrogen (secondary N) is 2. The summed E-state index contributed by atoms with van der Waals surface area (Å²) in [4.78, 5) is 50.3. The molecule has 3 amide bonds. The Bertz CT molecular complexity index is 1400. The molecular formula is C22H23N7O3S2. The Morgan fingerprint density at radius 2 is 1.97 bits per heavy atom. The molecule has 0 aliphatic carbocycles. The number of nitrogens with zero attached hydrogens (tertiary/aromatic N) is 4. The van der Waals surface area contributed by atoms with Gasteiger partial charge < -0.3 is 16.4 Å². The number of thiophene rings is 1. The summed E-state index contributed by atoms with van der Waals surface area (Å²) in [6.45, 7) is 5.71. The van der Waals surface area contributed by atoms with E-state index in [9.17, 15) is 14.4 Å². The molecular weight excluding hydrogens is 474 g/mol. The number of aryl methyl sites for hydroxylation is 2. The minimum absolute atomic E-state index is 0.0740. The lowest BCUT2D eigenvalue weighted by atomic mass is 10.1. The van der Waals surface area contributed by atoms with Gasteiger partial charge in [0.05, 0.1) is 17.1 Å². The highest BCUT2D eigenvalue weighted by atomic mass is 32.1. The summed E-state index contributed by atoms with van der Waals surface area (Å²) in [6, 6.07) is 3.91. The number of hydrogen-bond acceptors (Lipinski definition) is 8. The second kappa shape index (κ2) is 9.69. The Morgan fingerprint density at radius 1 is 1.18 bits per heavy atom. The van der Waals surface area contributed by atoms with Gasteiger partial charge in [-0.1, -0.05) is 0 Å². The number of carbonyl (C=O) groups is 3. The summed E-state index contributed by atoms with van der Waals surface area (Å²) in [7, 11) is 0. The van der Waals surface area contributed by atoms with Crippen LogP contribution in [0.25, 0.3) is 16.2 Å². The predicted octanol–water partition coefficient (Wildman–Crippen LogP) is 2.84. The third-order valence-corrected chi connectivity index (χ3v) is 7.13. The lowest BCUT2D eigenvalue weighted by Crippen LogP contribution is -2.17. The van der Waals surface area contributed by atoms with Crippen molar-refractivity contribution >= 4 is 51.2 Å². The SMILES string of the molecule is CC(=O)NCc1ccc(-c2csc(NC(=O)CCc3c(C)nc4c(C(N)=O)ncn4c3C)n2)s1. The zero-order chi connectivity index (χ0) is 24.4. The molecule has 4 N–H and O–H groups in total. The Hall–Kier alpha value is -3.64. The largest absolute Gasteiger partial charge is 0.364 e. The van der Waals surface area contributed by atoms with E-state index < -0.39 is 5.91 Å². The van der Waals surface area contributed by atoms with Gasteiger partial charge in [-0.25, -0.2) is 15.0 Å². The summed E-state index contributed by atoms with van der Waals surface area (Å²) >= 11 is 2.91. The highest BCUT2D eigenvalue weighted by Crippen LogP contribution is 2.31. The van der Waals surface area contributed by atoms with E-state index in [-0.39, 0.29) is 23.9 Å². The van der Waals surface area contributed by atoms with E-state index in [4.69, 9.17) is 5.73 Å². The van der Waals surface area contributed by atoms with Crippen molar-refractivity contribution in [1.29, 1.82) is 0 Å². The van der Waals surface area contributed by atoms with Crippen LogP contribution in [-0.2, 0) is 22.6 Å². The first-order valence-electron chi connectivity index (χ1n) is 10.4. The number of amides is 3. The van der Waals surface area contributed by atoms with Gasteiger partial charge >= 0.3 is 0 Å². The number of imidazole rings is 1. The van der Waals surface area contributed by atoms with E-state index >= 15 is 0 Å². The maximum atomic E-state index is 12.6. The summed E-state index contributed by atoms with van der Waals surface area (Å²) < 4.78 is 1.72. The van der Waals surface area contributed by atoms with Crippen LogP contribution in [0, 0.1) is 13.8 Å². The van der Waals surface area contributed by atoms with Gasteiger partial charge in [0.2, 0.25) is 11.8 Å². The number of fused-ring (bicyclic) bond motifs is 1. The fourth-order valence-electron chi connectivity index (χ4n) is 3.55. The first-order chi connectivity index (χ1) is 16.2. The molecule has 4 aromatic rings. The Kier molecular flexibility index (Phi) is 6.70. The molecule has 0 unspecified atom stereocenters. The van der Waals surface area contributed by atoms with E-state index in [1.165, 1.54) is 24.6 Å². The molecule has 0 aliphatic rings. The van der Waals surface area contributed by atoms with Crippen LogP contribution in [0.15, 0.2) is 23.8 Å². The first-order valence-corrected chi connectivity index (χ1v) is 12.1. The van der Waals surface area contributed by atoms with Crippen LogP contribution in [0.1, 0.15) is 45.7 Å². The molecule has 176 valence electrons. The van der Waals surface area contributed by atoms with Crippen molar-refractivity contribution in [3.8, 4) is 10.6 Å². The Balaban J connectivity index is 1.40. The van der Waals surface area contributed by atoms with Gasteiger partial charge in [0.25, 0.3) is 5.91 Å². The van der Waals surface area contributed by atoms with Gasteiger partial charge in [0.1, 0.15) is 6.33 Å². The van der Waals surface area contributed by atoms with Gasteiger partial charge in [-0.15, -0.1) is 22.7 Å². The van der Waals surface area contributed by atoms with Gasteiger partial charge in [0, 0.05) is 35.0 Å². The van der Waals surface area contributed by atoms with Crippen LogP contribution >= 0.6 is 22.7 Å². The molecule has 0 atom stereocenters. The van der Waals surface area contributed by atoms with Crippen molar-refractivity contribution in [3.63, 3.8) is 0 Å². The molecule has 0 aromatic carbocycles. The van der Waals surface area contributed by atoms with Crippen LogP contribution < -0.4 is 16.4 Å². The molecule has 4 aromatic heterocycles. The van der Waals surface area contributed by atoms with Gasteiger partial charge in [-0.2, -0.15) is 0 Å². The summed E-state index contributed by atoms with van der Waals surface area (Å²) in [6.07, 6.45) is 2.25. The average molecular weight is 498 g/mol. The Labute approximate surface area is 203 Å². The third-order valence-electron chi connectivity index (χ3n) is 5.26. The predicted molar refractivity (Wildman–Crippen MR) is 131 cm³/mol. The zero-order valence-electron chi connectivity index (χ0n) is 18.8. The molecule has 34 heavy (non-hydrogen) atoms. The van der Waals surface area contributed by atoms with Crippen LogP contribution in [-0.4, -0.2) is 37.1 Å². The van der Waals surface area contributed by atoms with E-state index in [1.807, 2.05) is 31.4 Å². The van der Waals surface area contributed by atoms with Crippen molar-refractivity contribution in [2.75, 3.05) is 5.32 Å². The van der Waals surface area contributed by atoms with E-state index in [2.05, 4.69) is 25.6 Å². The minimum atomic E-state index is -0.629. The molecule has 0 aliphatic heterocycles. The number of rotatable bonds is 8. The van der Waals surface area contributed by atoms with Crippen LogP contribution in [0.5, 0.6) is 0 Å². The monoisotopic (exact) mass is 497 g/mol. The van der Waals surface area contributed by atoms with Crippen molar-refractivity contribution in [1.82, 2.24) is 24.7 Å². The highest BCUT2D eigenvalue weighted by molar-refractivity contribution is 7.17. The number of thiazole rings is 1. The molecule has 0 saturated carbocycles. The number of primary amides is 1.